The lowest BCUT2D eigenvalue weighted by Gasteiger charge is -2.12. The molecule has 0 saturated carbocycles. The molecule has 0 bridgehead atoms. The molecule has 0 spiro atoms. The first-order chi connectivity index (χ1) is 10.2. The average molecular weight is 290 g/mol. The van der Waals surface area contributed by atoms with Gasteiger partial charge in [0, 0.05) is 32.0 Å². The van der Waals surface area contributed by atoms with Gasteiger partial charge in [-0.2, -0.15) is 0 Å². The number of benzene rings is 1. The molecule has 0 aliphatic heterocycles. The van der Waals surface area contributed by atoms with Gasteiger partial charge in [-0.1, -0.05) is 6.07 Å². The van der Waals surface area contributed by atoms with Crippen LogP contribution in [-0.4, -0.2) is 25.2 Å². The minimum absolute atomic E-state index is 0.276. The number of nitrogens with one attached hydrogen (secondary N) is 1. The third-order valence-corrected chi connectivity index (χ3v) is 2.99. The summed E-state index contributed by atoms with van der Waals surface area (Å²) in [5, 5.41) is 3.25. The zero-order chi connectivity index (χ0) is 15.1. The van der Waals surface area contributed by atoms with Gasteiger partial charge in [-0.15, -0.1) is 0 Å². The molecule has 0 saturated heterocycles. The zero-order valence-electron chi connectivity index (χ0n) is 12.2. The summed E-state index contributed by atoms with van der Waals surface area (Å²) >= 11 is 0. The van der Waals surface area contributed by atoms with E-state index in [0.717, 1.165) is 17.7 Å². The molecule has 0 fully saturated rings. The van der Waals surface area contributed by atoms with Gasteiger partial charge in [-0.25, -0.2) is 9.37 Å². The van der Waals surface area contributed by atoms with Crippen molar-refractivity contribution in [3.63, 3.8) is 0 Å². The molecule has 4 nitrogen and oxygen atoms in total. The fraction of sp³-hybridized carbons (Fsp3) is 0.312. The second-order valence-corrected chi connectivity index (χ2v) is 4.65. The summed E-state index contributed by atoms with van der Waals surface area (Å²) in [4.78, 5) is 4.25. The van der Waals surface area contributed by atoms with Crippen molar-refractivity contribution in [2.75, 3.05) is 20.3 Å². The van der Waals surface area contributed by atoms with E-state index in [9.17, 15) is 4.39 Å². The van der Waals surface area contributed by atoms with Crippen LogP contribution in [0.3, 0.4) is 0 Å². The number of hydrogen-bond donors (Lipinski definition) is 1. The predicted octanol–water partition coefficient (Wildman–Crippen LogP) is 3.06. The highest BCUT2D eigenvalue weighted by Crippen LogP contribution is 2.26. The fourth-order valence-corrected chi connectivity index (χ4v) is 1.88. The number of hydrogen-bond acceptors (Lipinski definition) is 4. The number of methoxy groups -OCH3 is 1. The van der Waals surface area contributed by atoms with Crippen LogP contribution >= 0.6 is 0 Å². The third kappa shape index (κ3) is 4.51. The van der Waals surface area contributed by atoms with Gasteiger partial charge < -0.3 is 14.8 Å². The van der Waals surface area contributed by atoms with Crippen molar-refractivity contribution < 1.29 is 13.9 Å². The molecular formula is C16H19FN2O2. The molecule has 0 atom stereocenters. The molecule has 1 aromatic heterocycles. The Balaban J connectivity index is 2.08. The maximum absolute atomic E-state index is 13.1. The average Bonchev–Trinajstić information content (AvgIpc) is 2.48. The minimum Gasteiger partial charge on any atom is -0.438 e. The largest absolute Gasteiger partial charge is 0.438 e. The van der Waals surface area contributed by atoms with Crippen LogP contribution in [0.5, 0.6) is 11.6 Å². The topological polar surface area (TPSA) is 43.4 Å². The number of halogens is 1. The van der Waals surface area contributed by atoms with E-state index in [1.165, 1.54) is 12.1 Å². The van der Waals surface area contributed by atoms with Gasteiger partial charge in [0.15, 0.2) is 0 Å². The molecule has 2 aromatic rings. The highest BCUT2D eigenvalue weighted by atomic mass is 19.1. The number of nitrogens with zero attached hydrogens (tertiary/aromatic N) is 1. The lowest BCUT2D eigenvalue weighted by atomic mass is 10.2. The third-order valence-electron chi connectivity index (χ3n) is 2.99. The van der Waals surface area contributed by atoms with Crippen LogP contribution in [0.1, 0.15) is 11.1 Å². The van der Waals surface area contributed by atoms with Gasteiger partial charge in [0.2, 0.25) is 5.88 Å². The van der Waals surface area contributed by atoms with Crippen molar-refractivity contribution in [1.29, 1.82) is 0 Å². The minimum atomic E-state index is -0.276. The van der Waals surface area contributed by atoms with Crippen LogP contribution in [0.4, 0.5) is 4.39 Å². The lowest BCUT2D eigenvalue weighted by molar-refractivity contribution is 0.199. The number of aryl methyl sites for hydroxylation is 1. The van der Waals surface area contributed by atoms with Crippen LogP contribution in [0.2, 0.25) is 0 Å². The van der Waals surface area contributed by atoms with E-state index in [0.29, 0.717) is 24.8 Å². The van der Waals surface area contributed by atoms with E-state index in [4.69, 9.17) is 9.47 Å². The monoisotopic (exact) mass is 290 g/mol. The van der Waals surface area contributed by atoms with Crippen molar-refractivity contribution in [1.82, 2.24) is 10.3 Å². The number of rotatable bonds is 7. The molecule has 21 heavy (non-hydrogen) atoms. The molecule has 0 unspecified atom stereocenters. The second kappa shape index (κ2) is 7.71. The van der Waals surface area contributed by atoms with Gasteiger partial charge >= 0.3 is 0 Å². The van der Waals surface area contributed by atoms with E-state index >= 15 is 0 Å². The quantitative estimate of drug-likeness (QED) is 0.796. The maximum Gasteiger partial charge on any atom is 0.223 e. The Labute approximate surface area is 123 Å². The van der Waals surface area contributed by atoms with Crippen LogP contribution < -0.4 is 10.1 Å². The molecule has 0 amide bonds. The molecule has 112 valence electrons. The summed E-state index contributed by atoms with van der Waals surface area (Å²) < 4.78 is 23.9. The summed E-state index contributed by atoms with van der Waals surface area (Å²) in [5.41, 5.74) is 1.68. The Morgan fingerprint density at radius 1 is 1.29 bits per heavy atom. The summed E-state index contributed by atoms with van der Waals surface area (Å²) in [6, 6.07) is 8.23. The van der Waals surface area contributed by atoms with E-state index in [1.54, 1.807) is 26.3 Å². The van der Waals surface area contributed by atoms with Gasteiger partial charge in [0.25, 0.3) is 0 Å². The predicted molar refractivity (Wildman–Crippen MR) is 79.0 cm³/mol. The van der Waals surface area contributed by atoms with Crippen LogP contribution in [0.15, 0.2) is 36.5 Å². The SMILES string of the molecule is COCCNCc1cccnc1Oc1ccc(F)cc1C. The smallest absolute Gasteiger partial charge is 0.223 e. The van der Waals surface area contributed by atoms with Crippen molar-refractivity contribution in [3.8, 4) is 11.6 Å². The second-order valence-electron chi connectivity index (χ2n) is 4.65. The molecule has 1 N–H and O–H groups in total. The Bertz CT molecular complexity index is 590. The van der Waals surface area contributed by atoms with Crippen molar-refractivity contribution in [3.05, 3.63) is 53.5 Å². The summed E-state index contributed by atoms with van der Waals surface area (Å²) in [6.45, 7) is 3.83. The number of ether oxygens (including phenoxy) is 2. The van der Waals surface area contributed by atoms with E-state index in [2.05, 4.69) is 10.3 Å². The molecule has 0 radical (unpaired) electrons. The molecular weight excluding hydrogens is 271 g/mol. The first-order valence-corrected chi connectivity index (χ1v) is 6.78. The first-order valence-electron chi connectivity index (χ1n) is 6.78. The molecule has 1 heterocycles. The van der Waals surface area contributed by atoms with Crippen molar-refractivity contribution >= 4 is 0 Å². The summed E-state index contributed by atoms with van der Waals surface area (Å²) in [5.74, 6) is 0.854. The normalized spacial score (nSPS) is 10.6. The summed E-state index contributed by atoms with van der Waals surface area (Å²) in [7, 11) is 1.66. The van der Waals surface area contributed by atoms with Gasteiger partial charge in [-0.05, 0) is 36.8 Å². The van der Waals surface area contributed by atoms with Gasteiger partial charge in [0.05, 0.1) is 6.61 Å². The van der Waals surface area contributed by atoms with Gasteiger partial charge in [0.1, 0.15) is 11.6 Å². The summed E-state index contributed by atoms with van der Waals surface area (Å²) in [6.07, 6.45) is 1.67. The maximum atomic E-state index is 13.1. The molecule has 1 aromatic carbocycles. The highest BCUT2D eigenvalue weighted by molar-refractivity contribution is 5.37. The van der Waals surface area contributed by atoms with E-state index < -0.39 is 0 Å². The number of pyridine rings is 1. The Morgan fingerprint density at radius 3 is 2.90 bits per heavy atom. The Morgan fingerprint density at radius 2 is 2.14 bits per heavy atom. The molecule has 5 heteroatoms. The van der Waals surface area contributed by atoms with Crippen molar-refractivity contribution in [2.24, 2.45) is 0 Å². The van der Waals surface area contributed by atoms with E-state index in [1.807, 2.05) is 12.1 Å². The van der Waals surface area contributed by atoms with Crippen LogP contribution in [0, 0.1) is 12.7 Å². The standard InChI is InChI=1S/C16H19FN2O2/c1-12-10-14(17)5-6-15(12)21-16-13(4-3-7-19-16)11-18-8-9-20-2/h3-7,10,18H,8-9,11H2,1-2H3. The van der Waals surface area contributed by atoms with E-state index in [-0.39, 0.29) is 5.82 Å². The van der Waals surface area contributed by atoms with Crippen LogP contribution in [0.25, 0.3) is 0 Å². The Hall–Kier alpha value is -1.98. The first kappa shape index (κ1) is 15.4. The Kier molecular flexibility index (Phi) is 5.66. The van der Waals surface area contributed by atoms with Crippen molar-refractivity contribution in [2.45, 2.75) is 13.5 Å². The highest BCUT2D eigenvalue weighted by Gasteiger charge is 2.08. The lowest BCUT2D eigenvalue weighted by Crippen LogP contribution is -2.19. The fourth-order valence-electron chi connectivity index (χ4n) is 1.88. The zero-order valence-corrected chi connectivity index (χ0v) is 12.2. The molecule has 2 rings (SSSR count). The van der Waals surface area contributed by atoms with Gasteiger partial charge in [-0.3, -0.25) is 0 Å². The molecule has 0 aliphatic rings. The number of aromatic nitrogens is 1. The molecule has 0 aliphatic carbocycles. The van der Waals surface area contributed by atoms with Crippen LogP contribution in [-0.2, 0) is 11.3 Å².